The lowest BCUT2D eigenvalue weighted by Gasteiger charge is -2.04. The van der Waals surface area contributed by atoms with Gasteiger partial charge >= 0.3 is 0 Å². The van der Waals surface area contributed by atoms with Crippen LogP contribution in [0.5, 0.6) is 0 Å². The first-order valence-electron chi connectivity index (χ1n) is 7.43. The van der Waals surface area contributed by atoms with Gasteiger partial charge in [0.15, 0.2) is 0 Å². The number of benzene rings is 1. The van der Waals surface area contributed by atoms with Crippen molar-refractivity contribution < 1.29 is 9.18 Å². The topological polar surface area (TPSA) is 61.0 Å². The van der Waals surface area contributed by atoms with E-state index < -0.39 is 0 Å². The molecule has 0 saturated heterocycles. The van der Waals surface area contributed by atoms with Gasteiger partial charge in [-0.25, -0.2) is 9.37 Å². The summed E-state index contributed by atoms with van der Waals surface area (Å²) < 4.78 is 12.9. The Kier molecular flexibility index (Phi) is 6.05. The predicted molar refractivity (Wildman–Crippen MR) is 88.4 cm³/mol. The molecule has 2 rings (SSSR count). The maximum Gasteiger partial charge on any atom is 0.243 e. The number of aromatic amines is 1. The highest BCUT2D eigenvalue weighted by Crippen LogP contribution is 2.17. The number of halogens is 1. The zero-order valence-corrected chi connectivity index (χ0v) is 13.3. The van der Waals surface area contributed by atoms with Crippen LogP contribution >= 0.6 is 0 Å². The first-order valence-corrected chi connectivity index (χ1v) is 7.43. The molecule has 6 heteroatoms. The summed E-state index contributed by atoms with van der Waals surface area (Å²) in [7, 11) is 3.88. The van der Waals surface area contributed by atoms with Crippen LogP contribution in [0.15, 0.2) is 42.6 Å². The number of carbonyl (C=O) groups excluding carboxylic acids is 1. The summed E-state index contributed by atoms with van der Waals surface area (Å²) in [4.78, 5) is 21.0. The lowest BCUT2D eigenvalue weighted by atomic mass is 10.2. The standard InChI is InChI=1S/C17H21FN4O/c1-22(2)11-3-4-17(23)19-10-9-16-20-12-15(21-16)13-5-7-14(18)8-6-13/h3-8,12H,9-11H2,1-2H3,(H,19,23)(H,20,21)/b4-3+. The summed E-state index contributed by atoms with van der Waals surface area (Å²) in [5.41, 5.74) is 1.71. The molecule has 0 radical (unpaired) electrons. The number of likely N-dealkylation sites (N-methyl/N-ethyl adjacent to an activating group) is 1. The minimum Gasteiger partial charge on any atom is -0.352 e. The van der Waals surface area contributed by atoms with Crippen molar-refractivity contribution in [3.8, 4) is 11.3 Å². The molecule has 0 aliphatic rings. The quantitative estimate of drug-likeness (QED) is 0.768. The lowest BCUT2D eigenvalue weighted by molar-refractivity contribution is -0.116. The van der Waals surface area contributed by atoms with Gasteiger partial charge in [-0.1, -0.05) is 6.08 Å². The third-order valence-corrected chi connectivity index (χ3v) is 3.18. The molecule has 2 aromatic rings. The van der Waals surface area contributed by atoms with Crippen LogP contribution in [0.1, 0.15) is 5.82 Å². The number of aromatic nitrogens is 2. The maximum atomic E-state index is 12.9. The van der Waals surface area contributed by atoms with Crippen LogP contribution in [0.4, 0.5) is 4.39 Å². The number of hydrogen-bond acceptors (Lipinski definition) is 3. The second-order valence-corrected chi connectivity index (χ2v) is 5.46. The Morgan fingerprint density at radius 3 is 2.78 bits per heavy atom. The van der Waals surface area contributed by atoms with Crippen molar-refractivity contribution in [2.45, 2.75) is 6.42 Å². The van der Waals surface area contributed by atoms with E-state index in [1.54, 1.807) is 18.3 Å². The zero-order chi connectivity index (χ0) is 16.7. The number of nitrogens with one attached hydrogen (secondary N) is 2. The van der Waals surface area contributed by atoms with Crippen molar-refractivity contribution in [2.24, 2.45) is 0 Å². The van der Waals surface area contributed by atoms with Crippen LogP contribution < -0.4 is 5.32 Å². The van der Waals surface area contributed by atoms with Crippen LogP contribution in [-0.4, -0.2) is 48.0 Å². The SMILES string of the molecule is CN(C)C/C=C/C(=O)NCCc1ncc(-c2ccc(F)cc2)[nH]1. The van der Waals surface area contributed by atoms with Crippen LogP contribution in [0.25, 0.3) is 11.3 Å². The molecular weight excluding hydrogens is 295 g/mol. The third kappa shape index (κ3) is 5.67. The second kappa shape index (κ2) is 8.24. The highest BCUT2D eigenvalue weighted by molar-refractivity contribution is 5.87. The van der Waals surface area contributed by atoms with E-state index in [0.29, 0.717) is 13.0 Å². The molecule has 0 spiro atoms. The monoisotopic (exact) mass is 316 g/mol. The molecule has 0 unspecified atom stereocenters. The molecule has 5 nitrogen and oxygen atoms in total. The fourth-order valence-corrected chi connectivity index (χ4v) is 2.00. The fraction of sp³-hybridized carbons (Fsp3) is 0.294. The smallest absolute Gasteiger partial charge is 0.243 e. The summed E-state index contributed by atoms with van der Waals surface area (Å²) in [5.74, 6) is 0.401. The van der Waals surface area contributed by atoms with Crippen molar-refractivity contribution in [3.05, 3.63) is 54.3 Å². The van der Waals surface area contributed by atoms with Gasteiger partial charge in [0.05, 0.1) is 11.9 Å². The van der Waals surface area contributed by atoms with Crippen LogP contribution in [0.3, 0.4) is 0 Å². The number of amides is 1. The van der Waals surface area contributed by atoms with Crippen molar-refractivity contribution in [2.75, 3.05) is 27.2 Å². The third-order valence-electron chi connectivity index (χ3n) is 3.18. The molecule has 0 fully saturated rings. The number of rotatable bonds is 7. The van der Waals surface area contributed by atoms with Gasteiger partial charge in [0.1, 0.15) is 11.6 Å². The first kappa shape index (κ1) is 16.9. The Bertz CT molecular complexity index is 661. The molecule has 0 aliphatic carbocycles. The van der Waals surface area contributed by atoms with Gasteiger partial charge in [-0.2, -0.15) is 0 Å². The molecule has 0 atom stereocenters. The normalized spacial score (nSPS) is 11.3. The zero-order valence-electron chi connectivity index (χ0n) is 13.3. The van der Waals surface area contributed by atoms with E-state index in [1.807, 2.05) is 25.1 Å². The Hall–Kier alpha value is -2.47. The van der Waals surface area contributed by atoms with Gasteiger partial charge in [-0.05, 0) is 43.9 Å². The molecule has 122 valence electrons. The van der Waals surface area contributed by atoms with E-state index in [9.17, 15) is 9.18 Å². The van der Waals surface area contributed by atoms with Crippen molar-refractivity contribution in [1.29, 1.82) is 0 Å². The summed E-state index contributed by atoms with van der Waals surface area (Å²) in [5, 5.41) is 2.81. The largest absolute Gasteiger partial charge is 0.352 e. The van der Waals surface area contributed by atoms with Crippen LogP contribution in [-0.2, 0) is 11.2 Å². The van der Waals surface area contributed by atoms with Gasteiger partial charge in [-0.15, -0.1) is 0 Å². The molecule has 0 saturated carbocycles. The molecule has 0 bridgehead atoms. The fourth-order valence-electron chi connectivity index (χ4n) is 2.00. The van der Waals surface area contributed by atoms with Crippen LogP contribution in [0.2, 0.25) is 0 Å². The Morgan fingerprint density at radius 1 is 1.35 bits per heavy atom. The molecule has 1 amide bonds. The number of H-pyrrole nitrogens is 1. The van der Waals surface area contributed by atoms with Crippen LogP contribution in [0, 0.1) is 5.82 Å². The number of nitrogens with zero attached hydrogens (tertiary/aromatic N) is 2. The number of carbonyl (C=O) groups is 1. The van der Waals surface area contributed by atoms with Crippen molar-refractivity contribution in [3.63, 3.8) is 0 Å². The average Bonchev–Trinajstić information content (AvgIpc) is 2.96. The Balaban J connectivity index is 1.80. The minimum absolute atomic E-state index is 0.114. The maximum absolute atomic E-state index is 12.9. The van der Waals surface area contributed by atoms with Gasteiger partial charge < -0.3 is 15.2 Å². The van der Waals surface area contributed by atoms with E-state index >= 15 is 0 Å². The van der Waals surface area contributed by atoms with E-state index in [0.717, 1.165) is 23.6 Å². The molecule has 1 aromatic carbocycles. The Labute approximate surface area is 135 Å². The highest BCUT2D eigenvalue weighted by atomic mass is 19.1. The van der Waals surface area contributed by atoms with Gasteiger partial charge in [0.2, 0.25) is 5.91 Å². The van der Waals surface area contributed by atoms with E-state index in [1.165, 1.54) is 18.2 Å². The molecule has 23 heavy (non-hydrogen) atoms. The second-order valence-electron chi connectivity index (χ2n) is 5.46. The molecule has 0 aliphatic heterocycles. The highest BCUT2D eigenvalue weighted by Gasteiger charge is 2.04. The number of imidazole rings is 1. The molecular formula is C17H21FN4O. The van der Waals surface area contributed by atoms with E-state index in [-0.39, 0.29) is 11.7 Å². The first-order chi connectivity index (χ1) is 11.0. The summed E-state index contributed by atoms with van der Waals surface area (Å²) >= 11 is 0. The lowest BCUT2D eigenvalue weighted by Crippen LogP contribution is -2.24. The summed E-state index contributed by atoms with van der Waals surface area (Å²) in [6.45, 7) is 1.23. The molecule has 1 aromatic heterocycles. The van der Waals surface area contributed by atoms with Gasteiger partial charge in [-0.3, -0.25) is 4.79 Å². The van der Waals surface area contributed by atoms with E-state index in [2.05, 4.69) is 15.3 Å². The summed E-state index contributed by atoms with van der Waals surface area (Å²) in [6.07, 6.45) is 5.66. The predicted octanol–water partition coefficient (Wildman–Crippen LogP) is 1.99. The summed E-state index contributed by atoms with van der Waals surface area (Å²) in [6, 6.07) is 6.22. The average molecular weight is 316 g/mol. The number of hydrogen-bond donors (Lipinski definition) is 2. The van der Waals surface area contributed by atoms with Gasteiger partial charge in [0.25, 0.3) is 0 Å². The minimum atomic E-state index is -0.265. The van der Waals surface area contributed by atoms with Crippen molar-refractivity contribution >= 4 is 5.91 Å². The molecule has 1 heterocycles. The van der Waals surface area contributed by atoms with Crippen molar-refractivity contribution in [1.82, 2.24) is 20.2 Å². The Morgan fingerprint density at radius 2 is 2.09 bits per heavy atom. The van der Waals surface area contributed by atoms with Gasteiger partial charge in [0, 0.05) is 25.6 Å². The van der Waals surface area contributed by atoms with E-state index in [4.69, 9.17) is 0 Å². The molecule has 2 N–H and O–H groups in total.